The molecule has 0 aliphatic carbocycles. The molecule has 28 heavy (non-hydrogen) atoms. The minimum absolute atomic E-state index is 0.293. The summed E-state index contributed by atoms with van der Waals surface area (Å²) in [4.78, 5) is 16.6. The fraction of sp³-hybridized carbons (Fsp3) is 0.350. The van der Waals surface area contributed by atoms with E-state index in [1.807, 2.05) is 0 Å². The number of hydrogen-bond acceptors (Lipinski definition) is 6. The van der Waals surface area contributed by atoms with Gasteiger partial charge in [0.2, 0.25) is 0 Å². The summed E-state index contributed by atoms with van der Waals surface area (Å²) in [6, 6.07) is 6.26. The van der Waals surface area contributed by atoms with Crippen LogP contribution in [0.25, 0.3) is 21.8 Å². The SMILES string of the molecule is CCOC(=O)c1csc(-c2c(-c3ccc(F)cc3)n[nH]c2C2CCNCC2)n1. The number of halogens is 1. The van der Waals surface area contributed by atoms with Crippen molar-refractivity contribution in [2.45, 2.75) is 25.7 Å². The molecular formula is C20H21FN4O2S. The van der Waals surface area contributed by atoms with Gasteiger partial charge in [0.05, 0.1) is 12.2 Å². The first-order valence-corrected chi connectivity index (χ1v) is 10.2. The Hall–Kier alpha value is -2.58. The van der Waals surface area contributed by atoms with Crippen LogP contribution in [-0.2, 0) is 4.74 Å². The standard InChI is InChI=1S/C20H21FN4O2S/c1-2-27-20(26)15-11-28-19(23-15)16-17(12-3-5-14(21)6-4-12)24-25-18(16)13-7-9-22-10-8-13/h3-6,11,13,22H,2,7-10H2,1H3,(H,24,25). The number of nitrogens with one attached hydrogen (secondary N) is 2. The van der Waals surface area contributed by atoms with Crippen molar-refractivity contribution in [2.24, 2.45) is 0 Å². The van der Waals surface area contributed by atoms with Gasteiger partial charge in [-0.1, -0.05) is 0 Å². The predicted octanol–water partition coefficient (Wildman–Crippen LogP) is 3.98. The van der Waals surface area contributed by atoms with Gasteiger partial charge in [0.1, 0.15) is 16.5 Å². The summed E-state index contributed by atoms with van der Waals surface area (Å²) in [5.41, 5.74) is 3.73. The molecular weight excluding hydrogens is 379 g/mol. The molecule has 2 N–H and O–H groups in total. The maximum atomic E-state index is 13.4. The van der Waals surface area contributed by atoms with Gasteiger partial charge in [0.15, 0.2) is 5.69 Å². The van der Waals surface area contributed by atoms with Crippen LogP contribution in [0.3, 0.4) is 0 Å². The molecule has 1 saturated heterocycles. The van der Waals surface area contributed by atoms with Crippen molar-refractivity contribution in [1.82, 2.24) is 20.5 Å². The Morgan fingerprint density at radius 2 is 2.04 bits per heavy atom. The van der Waals surface area contributed by atoms with Gasteiger partial charge < -0.3 is 10.1 Å². The maximum Gasteiger partial charge on any atom is 0.357 e. The zero-order chi connectivity index (χ0) is 19.5. The fourth-order valence-electron chi connectivity index (χ4n) is 3.48. The minimum atomic E-state index is -0.430. The van der Waals surface area contributed by atoms with E-state index >= 15 is 0 Å². The van der Waals surface area contributed by atoms with Crippen LogP contribution in [0, 0.1) is 5.82 Å². The molecule has 1 aliphatic heterocycles. The molecule has 4 rings (SSSR count). The molecule has 1 aliphatic rings. The van der Waals surface area contributed by atoms with E-state index in [4.69, 9.17) is 4.74 Å². The highest BCUT2D eigenvalue weighted by Crippen LogP contribution is 2.40. The molecule has 8 heteroatoms. The van der Waals surface area contributed by atoms with Crippen molar-refractivity contribution in [2.75, 3.05) is 19.7 Å². The Morgan fingerprint density at radius 3 is 2.75 bits per heavy atom. The van der Waals surface area contributed by atoms with Crippen LogP contribution in [0.4, 0.5) is 4.39 Å². The van der Waals surface area contributed by atoms with Crippen molar-refractivity contribution in [3.8, 4) is 21.8 Å². The highest BCUT2D eigenvalue weighted by atomic mass is 32.1. The molecule has 0 unspecified atom stereocenters. The molecule has 0 radical (unpaired) electrons. The van der Waals surface area contributed by atoms with E-state index in [0.717, 1.165) is 48.4 Å². The van der Waals surface area contributed by atoms with Crippen LogP contribution in [0.1, 0.15) is 41.9 Å². The molecule has 146 valence electrons. The van der Waals surface area contributed by atoms with Crippen LogP contribution in [0.5, 0.6) is 0 Å². The number of hydrogen-bond donors (Lipinski definition) is 2. The number of benzene rings is 1. The lowest BCUT2D eigenvalue weighted by molar-refractivity contribution is 0.0520. The molecule has 2 aromatic heterocycles. The Bertz CT molecular complexity index is 961. The number of H-pyrrole nitrogens is 1. The summed E-state index contributed by atoms with van der Waals surface area (Å²) >= 11 is 1.39. The highest BCUT2D eigenvalue weighted by Gasteiger charge is 2.27. The van der Waals surface area contributed by atoms with E-state index in [-0.39, 0.29) is 5.82 Å². The van der Waals surface area contributed by atoms with Crippen molar-refractivity contribution >= 4 is 17.3 Å². The highest BCUT2D eigenvalue weighted by molar-refractivity contribution is 7.13. The third-order valence-electron chi connectivity index (χ3n) is 4.86. The second kappa shape index (κ2) is 8.20. The Kier molecular flexibility index (Phi) is 5.50. The maximum absolute atomic E-state index is 13.4. The van der Waals surface area contributed by atoms with E-state index in [9.17, 15) is 9.18 Å². The molecule has 0 spiro atoms. The van der Waals surface area contributed by atoms with Crippen LogP contribution in [0.15, 0.2) is 29.6 Å². The molecule has 0 amide bonds. The summed E-state index contributed by atoms with van der Waals surface area (Å²) in [5.74, 6) is -0.397. The summed E-state index contributed by atoms with van der Waals surface area (Å²) in [6.45, 7) is 3.96. The van der Waals surface area contributed by atoms with Gasteiger partial charge in [0.25, 0.3) is 0 Å². The molecule has 6 nitrogen and oxygen atoms in total. The zero-order valence-electron chi connectivity index (χ0n) is 15.5. The topological polar surface area (TPSA) is 79.9 Å². The molecule has 3 aromatic rings. The second-order valence-corrected chi connectivity index (χ2v) is 7.51. The summed E-state index contributed by atoms with van der Waals surface area (Å²) < 4.78 is 18.5. The van der Waals surface area contributed by atoms with E-state index in [0.29, 0.717) is 23.2 Å². The molecule has 0 bridgehead atoms. The first-order chi connectivity index (χ1) is 13.7. The van der Waals surface area contributed by atoms with Gasteiger partial charge in [-0.15, -0.1) is 11.3 Å². The Labute approximate surface area is 166 Å². The molecule has 3 heterocycles. The van der Waals surface area contributed by atoms with Crippen molar-refractivity contribution in [3.05, 3.63) is 46.9 Å². The van der Waals surface area contributed by atoms with Gasteiger partial charge in [0, 0.05) is 22.6 Å². The Morgan fingerprint density at radius 1 is 1.29 bits per heavy atom. The van der Waals surface area contributed by atoms with Crippen molar-refractivity contribution in [1.29, 1.82) is 0 Å². The predicted molar refractivity (Wildman–Crippen MR) is 106 cm³/mol. The van der Waals surface area contributed by atoms with E-state index in [1.54, 1.807) is 24.4 Å². The Balaban J connectivity index is 1.79. The number of carbonyl (C=O) groups is 1. The zero-order valence-corrected chi connectivity index (χ0v) is 16.3. The smallest absolute Gasteiger partial charge is 0.357 e. The summed E-state index contributed by atoms with van der Waals surface area (Å²) in [6.07, 6.45) is 1.99. The van der Waals surface area contributed by atoms with E-state index in [1.165, 1.54) is 23.5 Å². The number of thiazole rings is 1. The van der Waals surface area contributed by atoms with Crippen LogP contribution >= 0.6 is 11.3 Å². The first-order valence-electron chi connectivity index (χ1n) is 9.35. The number of piperidine rings is 1. The van der Waals surface area contributed by atoms with E-state index in [2.05, 4.69) is 20.5 Å². The normalized spacial score (nSPS) is 14.9. The number of ether oxygens (including phenoxy) is 1. The lowest BCUT2D eigenvalue weighted by Gasteiger charge is -2.22. The number of nitrogens with zero attached hydrogens (tertiary/aromatic N) is 2. The quantitative estimate of drug-likeness (QED) is 0.633. The second-order valence-electron chi connectivity index (χ2n) is 6.65. The molecule has 0 atom stereocenters. The molecule has 1 aromatic carbocycles. The number of esters is 1. The van der Waals surface area contributed by atoms with Crippen LogP contribution in [0.2, 0.25) is 0 Å². The van der Waals surface area contributed by atoms with Crippen molar-refractivity contribution in [3.63, 3.8) is 0 Å². The lowest BCUT2D eigenvalue weighted by Crippen LogP contribution is -2.27. The van der Waals surface area contributed by atoms with Gasteiger partial charge in [-0.25, -0.2) is 14.2 Å². The third kappa shape index (κ3) is 3.70. The summed E-state index contributed by atoms with van der Waals surface area (Å²) in [5, 5.41) is 13.5. The monoisotopic (exact) mass is 400 g/mol. The van der Waals surface area contributed by atoms with Gasteiger partial charge in [-0.2, -0.15) is 5.10 Å². The van der Waals surface area contributed by atoms with Crippen LogP contribution in [-0.4, -0.2) is 40.8 Å². The average Bonchev–Trinajstić information content (AvgIpc) is 3.36. The minimum Gasteiger partial charge on any atom is -0.461 e. The number of carbonyl (C=O) groups excluding carboxylic acids is 1. The number of aromatic nitrogens is 3. The number of rotatable bonds is 5. The largest absolute Gasteiger partial charge is 0.461 e. The van der Waals surface area contributed by atoms with Gasteiger partial charge in [-0.3, -0.25) is 5.10 Å². The van der Waals surface area contributed by atoms with Crippen molar-refractivity contribution < 1.29 is 13.9 Å². The van der Waals surface area contributed by atoms with Crippen LogP contribution < -0.4 is 5.32 Å². The summed E-state index contributed by atoms with van der Waals surface area (Å²) in [7, 11) is 0. The third-order valence-corrected chi connectivity index (χ3v) is 5.72. The molecule has 1 fully saturated rings. The van der Waals surface area contributed by atoms with Gasteiger partial charge >= 0.3 is 5.97 Å². The van der Waals surface area contributed by atoms with E-state index < -0.39 is 5.97 Å². The number of aromatic amines is 1. The first kappa shape index (κ1) is 18.8. The van der Waals surface area contributed by atoms with Gasteiger partial charge in [-0.05, 0) is 57.1 Å². The fourth-order valence-corrected chi connectivity index (χ4v) is 4.33. The molecule has 0 saturated carbocycles. The lowest BCUT2D eigenvalue weighted by atomic mass is 9.91. The average molecular weight is 400 g/mol.